The molecule has 0 saturated carbocycles. The van der Waals surface area contributed by atoms with Crippen molar-refractivity contribution in [2.75, 3.05) is 43.3 Å². The molecule has 0 aliphatic rings. The van der Waals surface area contributed by atoms with Gasteiger partial charge < -0.3 is 25.0 Å². The molecule has 1 atom stereocenters. The van der Waals surface area contributed by atoms with E-state index in [1.54, 1.807) is 31.3 Å². The van der Waals surface area contributed by atoms with E-state index in [9.17, 15) is 28.8 Å². The summed E-state index contributed by atoms with van der Waals surface area (Å²) in [5.41, 5.74) is 0.719. The molecule has 1 heterocycles. The number of methoxy groups -OCH3 is 2. The second kappa shape index (κ2) is 14.3. The fourth-order valence-electron chi connectivity index (χ4n) is 3.50. The number of likely N-dealkylation sites (N-methyl/N-ethyl adjacent to an activating group) is 1. The Morgan fingerprint density at radius 2 is 1.64 bits per heavy atom. The molecule has 0 saturated heterocycles. The smallest absolute Gasteiger partial charge is 0.328 e. The zero-order chi connectivity index (χ0) is 29.1. The van der Waals surface area contributed by atoms with Crippen molar-refractivity contribution < 1.29 is 33.4 Å². The highest BCUT2D eigenvalue weighted by atomic mass is 16.5. The Morgan fingerprint density at radius 3 is 2.21 bits per heavy atom. The van der Waals surface area contributed by atoms with Gasteiger partial charge >= 0.3 is 11.9 Å². The van der Waals surface area contributed by atoms with Crippen LogP contribution in [0.1, 0.15) is 42.6 Å². The van der Waals surface area contributed by atoms with Gasteiger partial charge in [-0.2, -0.15) is 4.98 Å². The van der Waals surface area contributed by atoms with Crippen molar-refractivity contribution >= 4 is 47.1 Å². The lowest BCUT2D eigenvalue weighted by atomic mass is 10.1. The average molecular weight is 545 g/mol. The summed E-state index contributed by atoms with van der Waals surface area (Å²) in [4.78, 5) is 80.1. The van der Waals surface area contributed by atoms with Gasteiger partial charge in [0.1, 0.15) is 11.9 Å². The molecule has 0 radical (unpaired) electrons. The first-order valence-electron chi connectivity index (χ1n) is 11.9. The van der Waals surface area contributed by atoms with Gasteiger partial charge in [0.25, 0.3) is 11.5 Å². The SMILES string of the molecule is COC(=O)CC[C@H](NC(=O)c1ccc(N(C)CCc2c(NC(C)=O)nc(NC(C)=O)[nH]c2=O)cc1)C(=O)OC. The lowest BCUT2D eigenvalue weighted by Crippen LogP contribution is -2.41. The first-order chi connectivity index (χ1) is 18.4. The van der Waals surface area contributed by atoms with Crippen LogP contribution in [0.15, 0.2) is 29.1 Å². The first kappa shape index (κ1) is 30.5. The molecule has 14 nitrogen and oxygen atoms in total. The Labute approximate surface area is 224 Å². The van der Waals surface area contributed by atoms with Crippen LogP contribution in [0.5, 0.6) is 0 Å². The van der Waals surface area contributed by atoms with Gasteiger partial charge in [-0.15, -0.1) is 0 Å². The molecular formula is C25H32N6O8. The average Bonchev–Trinajstić information content (AvgIpc) is 2.88. The van der Waals surface area contributed by atoms with Gasteiger partial charge in [0, 0.05) is 45.1 Å². The maximum absolute atomic E-state index is 12.7. The highest BCUT2D eigenvalue weighted by molar-refractivity contribution is 5.97. The van der Waals surface area contributed by atoms with Crippen LogP contribution in [0.4, 0.5) is 17.5 Å². The predicted molar refractivity (Wildman–Crippen MR) is 141 cm³/mol. The number of esters is 2. The Kier molecular flexibility index (Phi) is 11.1. The largest absolute Gasteiger partial charge is 0.469 e. The molecule has 0 bridgehead atoms. The van der Waals surface area contributed by atoms with E-state index in [4.69, 9.17) is 4.74 Å². The van der Waals surface area contributed by atoms with E-state index in [-0.39, 0.29) is 42.2 Å². The molecule has 3 amide bonds. The van der Waals surface area contributed by atoms with E-state index < -0.39 is 41.3 Å². The number of carbonyl (C=O) groups excluding carboxylic acids is 5. The molecule has 0 fully saturated rings. The van der Waals surface area contributed by atoms with E-state index in [0.29, 0.717) is 6.54 Å². The summed E-state index contributed by atoms with van der Waals surface area (Å²) < 4.78 is 9.28. The van der Waals surface area contributed by atoms with Gasteiger partial charge in [0.05, 0.1) is 19.8 Å². The van der Waals surface area contributed by atoms with Crippen molar-refractivity contribution in [2.24, 2.45) is 0 Å². The van der Waals surface area contributed by atoms with Crippen LogP contribution in [0.3, 0.4) is 0 Å². The van der Waals surface area contributed by atoms with Crippen LogP contribution < -0.4 is 26.4 Å². The number of hydrogen-bond donors (Lipinski definition) is 4. The van der Waals surface area contributed by atoms with E-state index in [2.05, 4.69) is 30.7 Å². The number of aromatic nitrogens is 2. The summed E-state index contributed by atoms with van der Waals surface area (Å²) in [6.45, 7) is 2.89. The van der Waals surface area contributed by atoms with Crippen molar-refractivity contribution in [3.63, 3.8) is 0 Å². The number of hydrogen-bond acceptors (Lipinski definition) is 10. The zero-order valence-electron chi connectivity index (χ0n) is 22.4. The normalized spacial score (nSPS) is 11.1. The summed E-state index contributed by atoms with van der Waals surface area (Å²) >= 11 is 0. The monoisotopic (exact) mass is 544 g/mol. The molecule has 14 heteroatoms. The van der Waals surface area contributed by atoms with Gasteiger partial charge in [-0.05, 0) is 37.1 Å². The number of amides is 3. The summed E-state index contributed by atoms with van der Waals surface area (Å²) in [7, 11) is 4.19. The summed E-state index contributed by atoms with van der Waals surface area (Å²) in [6.07, 6.45) is 0.155. The number of rotatable bonds is 12. The van der Waals surface area contributed by atoms with Crippen molar-refractivity contribution in [3.8, 4) is 0 Å². The molecule has 0 aliphatic carbocycles. The Balaban J connectivity index is 2.10. The molecule has 0 spiro atoms. The van der Waals surface area contributed by atoms with E-state index in [1.807, 2.05) is 4.90 Å². The summed E-state index contributed by atoms with van der Waals surface area (Å²) in [6, 6.07) is 5.48. The second-order valence-corrected chi connectivity index (χ2v) is 8.49. The second-order valence-electron chi connectivity index (χ2n) is 8.49. The van der Waals surface area contributed by atoms with Crippen molar-refractivity contribution in [2.45, 2.75) is 39.2 Å². The minimum atomic E-state index is -1.02. The molecule has 0 aliphatic heterocycles. The zero-order valence-corrected chi connectivity index (χ0v) is 22.4. The topological polar surface area (TPSA) is 189 Å². The molecule has 2 rings (SSSR count). The number of carbonyl (C=O) groups is 5. The quantitative estimate of drug-likeness (QED) is 0.275. The minimum absolute atomic E-state index is 0.0200. The fourth-order valence-corrected chi connectivity index (χ4v) is 3.50. The summed E-state index contributed by atoms with van der Waals surface area (Å²) in [5.74, 6) is -2.62. The van der Waals surface area contributed by atoms with E-state index >= 15 is 0 Å². The van der Waals surface area contributed by atoms with Crippen molar-refractivity contribution in [1.29, 1.82) is 0 Å². The van der Waals surface area contributed by atoms with Gasteiger partial charge in [-0.1, -0.05) is 0 Å². The molecular weight excluding hydrogens is 512 g/mol. The highest BCUT2D eigenvalue weighted by Crippen LogP contribution is 2.17. The molecule has 39 heavy (non-hydrogen) atoms. The molecule has 2 aromatic rings. The maximum atomic E-state index is 12.7. The van der Waals surface area contributed by atoms with E-state index in [0.717, 1.165) is 5.69 Å². The van der Waals surface area contributed by atoms with Gasteiger partial charge in [-0.3, -0.25) is 34.3 Å². The van der Waals surface area contributed by atoms with Crippen LogP contribution in [-0.4, -0.2) is 73.5 Å². The standard InChI is InChI=1S/C25H32N6O8/c1-14(32)26-21-18(23(36)30-25(29-21)27-15(2)33)12-13-31(3)17-8-6-16(7-9-17)22(35)28-19(24(37)39-5)10-11-20(34)38-4/h6-9,19H,10-13H2,1-5H3,(H,28,35)(H3,26,27,29,30,32,33,36)/t19-/m0/s1. The molecule has 4 N–H and O–H groups in total. The van der Waals surface area contributed by atoms with Crippen LogP contribution in [0.25, 0.3) is 0 Å². The Bertz CT molecular complexity index is 1270. The van der Waals surface area contributed by atoms with Gasteiger partial charge in [-0.25, -0.2) is 4.79 Å². The minimum Gasteiger partial charge on any atom is -0.469 e. The lowest BCUT2D eigenvalue weighted by Gasteiger charge is -2.20. The predicted octanol–water partition coefficient (Wildman–Crippen LogP) is 0.590. The third-order valence-electron chi connectivity index (χ3n) is 5.53. The van der Waals surface area contributed by atoms with Gasteiger partial charge in [0.2, 0.25) is 17.8 Å². The number of anilines is 3. The van der Waals surface area contributed by atoms with Crippen molar-refractivity contribution in [1.82, 2.24) is 15.3 Å². The third-order valence-corrected chi connectivity index (χ3v) is 5.53. The van der Waals surface area contributed by atoms with Crippen LogP contribution in [0.2, 0.25) is 0 Å². The number of H-pyrrole nitrogens is 1. The molecule has 0 unspecified atom stereocenters. The van der Waals surface area contributed by atoms with Crippen molar-refractivity contribution in [3.05, 3.63) is 45.7 Å². The first-order valence-corrected chi connectivity index (χ1v) is 11.9. The Morgan fingerprint density at radius 1 is 1.00 bits per heavy atom. The molecule has 1 aromatic carbocycles. The molecule has 210 valence electrons. The lowest BCUT2D eigenvalue weighted by molar-refractivity contribution is -0.144. The third kappa shape index (κ3) is 9.25. The van der Waals surface area contributed by atoms with Crippen LogP contribution >= 0.6 is 0 Å². The number of nitrogens with one attached hydrogen (secondary N) is 4. The summed E-state index contributed by atoms with van der Waals surface area (Å²) in [5, 5.41) is 7.46. The Hall–Kier alpha value is -4.75. The van der Waals surface area contributed by atoms with Crippen LogP contribution in [-0.2, 0) is 35.1 Å². The number of benzene rings is 1. The molecule has 1 aromatic heterocycles. The number of nitrogens with zero attached hydrogens (tertiary/aromatic N) is 2. The van der Waals surface area contributed by atoms with E-state index in [1.165, 1.54) is 28.1 Å². The maximum Gasteiger partial charge on any atom is 0.328 e. The fraction of sp³-hybridized carbons (Fsp3) is 0.400. The van der Waals surface area contributed by atoms with Crippen LogP contribution in [0, 0.1) is 0 Å². The number of aromatic amines is 1. The highest BCUT2D eigenvalue weighted by Gasteiger charge is 2.23. The van der Waals surface area contributed by atoms with Gasteiger partial charge in [0.15, 0.2) is 0 Å². The number of ether oxygens (including phenoxy) is 2.